The Morgan fingerprint density at radius 3 is 2.54 bits per heavy atom. The summed E-state index contributed by atoms with van der Waals surface area (Å²) in [7, 11) is 0. The largest absolute Gasteiger partial charge is 0.0616 e. The molecule has 0 aromatic heterocycles. The van der Waals surface area contributed by atoms with E-state index < -0.39 is 0 Å². The van der Waals surface area contributed by atoms with E-state index in [2.05, 4.69) is 55.8 Å². The summed E-state index contributed by atoms with van der Waals surface area (Å²) in [6.07, 6.45) is 2.98. The standard InChI is InChI=1S/C13H12/c1-2-5-11-8-9-12-6-3-4-7-13(12)10-11/h3-10H,1-2H2. The molecule has 0 N–H and O–H groups in total. The highest BCUT2D eigenvalue weighted by molar-refractivity contribution is 5.83. The Balaban J connectivity index is 2.49. The van der Waals surface area contributed by atoms with Crippen LogP contribution in [0.4, 0.5) is 0 Å². The van der Waals surface area contributed by atoms with Crippen LogP contribution in [-0.4, -0.2) is 0 Å². The van der Waals surface area contributed by atoms with Crippen molar-refractivity contribution >= 4 is 10.8 Å². The Labute approximate surface area is 79.2 Å². The second kappa shape index (κ2) is 3.61. The van der Waals surface area contributed by atoms with Gasteiger partial charge in [0.25, 0.3) is 0 Å². The minimum Gasteiger partial charge on any atom is -0.0616 e. The normalized spacial score (nSPS) is 10.5. The number of fused-ring (bicyclic) bond motifs is 1. The van der Waals surface area contributed by atoms with Crippen LogP contribution in [0.25, 0.3) is 10.8 Å². The van der Waals surface area contributed by atoms with Crippen molar-refractivity contribution < 1.29 is 0 Å². The summed E-state index contributed by atoms with van der Waals surface area (Å²) in [5.41, 5.74) is 1.26. The smallest absolute Gasteiger partial charge is 0.00929 e. The van der Waals surface area contributed by atoms with Gasteiger partial charge in [-0.05, 0) is 29.2 Å². The average molecular weight is 168 g/mol. The second-order valence-corrected chi connectivity index (χ2v) is 3.10. The van der Waals surface area contributed by atoms with E-state index in [1.54, 1.807) is 0 Å². The van der Waals surface area contributed by atoms with Crippen LogP contribution in [0, 0.1) is 13.3 Å². The SMILES string of the molecule is [CH2]C[CH]c1ccc2ccccc2c1. The maximum atomic E-state index is 3.81. The Morgan fingerprint density at radius 1 is 1.00 bits per heavy atom. The molecule has 0 saturated carbocycles. The molecule has 2 aromatic carbocycles. The fourth-order valence-corrected chi connectivity index (χ4v) is 1.50. The Hall–Kier alpha value is -1.30. The summed E-state index contributed by atoms with van der Waals surface area (Å²) >= 11 is 0. The molecule has 0 nitrogen and oxygen atoms in total. The summed E-state index contributed by atoms with van der Waals surface area (Å²) in [6.45, 7) is 3.81. The molecule has 0 aliphatic heterocycles. The molecule has 64 valence electrons. The van der Waals surface area contributed by atoms with Crippen LogP contribution in [0.3, 0.4) is 0 Å². The molecular formula is C13H12. The van der Waals surface area contributed by atoms with Gasteiger partial charge in [-0.2, -0.15) is 0 Å². The molecule has 0 saturated heterocycles. The van der Waals surface area contributed by atoms with Crippen LogP contribution in [0.1, 0.15) is 12.0 Å². The zero-order valence-corrected chi connectivity index (χ0v) is 7.53. The summed E-state index contributed by atoms with van der Waals surface area (Å²) < 4.78 is 0. The van der Waals surface area contributed by atoms with E-state index in [0.717, 1.165) is 6.42 Å². The van der Waals surface area contributed by atoms with Gasteiger partial charge >= 0.3 is 0 Å². The van der Waals surface area contributed by atoms with Crippen LogP contribution < -0.4 is 0 Å². The fourth-order valence-electron chi connectivity index (χ4n) is 1.50. The summed E-state index contributed by atoms with van der Waals surface area (Å²) in [6, 6.07) is 14.9. The van der Waals surface area contributed by atoms with Crippen molar-refractivity contribution in [3.63, 3.8) is 0 Å². The van der Waals surface area contributed by atoms with Crippen molar-refractivity contribution in [2.75, 3.05) is 0 Å². The van der Waals surface area contributed by atoms with E-state index in [4.69, 9.17) is 0 Å². The quantitative estimate of drug-likeness (QED) is 0.642. The minimum absolute atomic E-state index is 0.846. The highest BCUT2D eigenvalue weighted by Crippen LogP contribution is 2.16. The monoisotopic (exact) mass is 168 g/mol. The van der Waals surface area contributed by atoms with Gasteiger partial charge in [-0.3, -0.25) is 0 Å². The summed E-state index contributed by atoms with van der Waals surface area (Å²) in [5, 5.41) is 2.59. The number of hydrogen-bond acceptors (Lipinski definition) is 0. The van der Waals surface area contributed by atoms with Gasteiger partial charge in [0.1, 0.15) is 0 Å². The van der Waals surface area contributed by atoms with E-state index in [0.29, 0.717) is 0 Å². The summed E-state index contributed by atoms with van der Waals surface area (Å²) in [4.78, 5) is 0. The molecule has 0 heteroatoms. The lowest BCUT2D eigenvalue weighted by molar-refractivity contribution is 1.25. The molecule has 0 spiro atoms. The van der Waals surface area contributed by atoms with Gasteiger partial charge in [-0.25, -0.2) is 0 Å². The van der Waals surface area contributed by atoms with Crippen molar-refractivity contribution in [3.05, 3.63) is 61.4 Å². The molecule has 0 aliphatic carbocycles. The first-order valence-corrected chi connectivity index (χ1v) is 4.51. The molecule has 0 heterocycles. The van der Waals surface area contributed by atoms with Crippen molar-refractivity contribution in [3.8, 4) is 0 Å². The van der Waals surface area contributed by atoms with Crippen molar-refractivity contribution in [2.45, 2.75) is 6.42 Å². The van der Waals surface area contributed by atoms with Crippen LogP contribution in [0.2, 0.25) is 0 Å². The third kappa shape index (κ3) is 1.72. The molecule has 0 aliphatic rings. The zero-order valence-electron chi connectivity index (χ0n) is 7.53. The zero-order chi connectivity index (χ0) is 9.10. The first kappa shape index (κ1) is 8.31. The van der Waals surface area contributed by atoms with Crippen molar-refractivity contribution in [1.82, 2.24) is 0 Å². The molecule has 0 amide bonds. The fraction of sp³-hybridized carbons (Fsp3) is 0.0769. The van der Waals surface area contributed by atoms with Crippen molar-refractivity contribution in [1.29, 1.82) is 0 Å². The van der Waals surface area contributed by atoms with E-state index in [1.807, 2.05) is 0 Å². The van der Waals surface area contributed by atoms with Crippen molar-refractivity contribution in [2.24, 2.45) is 0 Å². The molecule has 2 aromatic rings. The van der Waals surface area contributed by atoms with Gasteiger partial charge in [-0.1, -0.05) is 49.4 Å². The van der Waals surface area contributed by atoms with Crippen LogP contribution in [0.15, 0.2) is 42.5 Å². The molecule has 0 fully saturated rings. The topological polar surface area (TPSA) is 0 Å². The van der Waals surface area contributed by atoms with Crippen LogP contribution >= 0.6 is 0 Å². The second-order valence-electron chi connectivity index (χ2n) is 3.10. The van der Waals surface area contributed by atoms with E-state index in [1.165, 1.54) is 16.3 Å². The molecule has 2 rings (SSSR count). The first-order chi connectivity index (χ1) is 6.40. The molecular weight excluding hydrogens is 156 g/mol. The highest BCUT2D eigenvalue weighted by atomic mass is 14.0. The predicted molar refractivity (Wildman–Crippen MR) is 57.3 cm³/mol. The highest BCUT2D eigenvalue weighted by Gasteiger charge is 1.94. The molecule has 0 atom stereocenters. The first-order valence-electron chi connectivity index (χ1n) is 4.51. The Morgan fingerprint density at radius 2 is 1.77 bits per heavy atom. The molecule has 13 heavy (non-hydrogen) atoms. The number of hydrogen-bond donors (Lipinski definition) is 0. The van der Waals surface area contributed by atoms with Gasteiger partial charge in [0.05, 0.1) is 0 Å². The Kier molecular flexibility index (Phi) is 2.31. The number of benzene rings is 2. The van der Waals surface area contributed by atoms with Gasteiger partial charge in [-0.15, -0.1) is 0 Å². The lowest BCUT2D eigenvalue weighted by Crippen LogP contribution is -1.80. The summed E-state index contributed by atoms with van der Waals surface area (Å²) in [5.74, 6) is 0. The van der Waals surface area contributed by atoms with Gasteiger partial charge in [0, 0.05) is 0 Å². The molecule has 0 unspecified atom stereocenters. The van der Waals surface area contributed by atoms with E-state index >= 15 is 0 Å². The predicted octanol–water partition coefficient (Wildman–Crippen LogP) is 3.62. The maximum absolute atomic E-state index is 3.81. The van der Waals surface area contributed by atoms with E-state index in [-0.39, 0.29) is 0 Å². The molecule has 2 radical (unpaired) electrons. The minimum atomic E-state index is 0.846. The van der Waals surface area contributed by atoms with Crippen LogP contribution in [-0.2, 0) is 0 Å². The van der Waals surface area contributed by atoms with Gasteiger partial charge in [0.15, 0.2) is 0 Å². The molecule has 0 bridgehead atoms. The maximum Gasteiger partial charge on any atom is -0.00929 e. The lowest BCUT2D eigenvalue weighted by Gasteiger charge is -2.00. The number of rotatable bonds is 2. The van der Waals surface area contributed by atoms with Gasteiger partial charge < -0.3 is 0 Å². The van der Waals surface area contributed by atoms with Gasteiger partial charge in [0.2, 0.25) is 0 Å². The Bertz CT molecular complexity index is 401. The third-order valence-corrected chi connectivity index (χ3v) is 2.15. The van der Waals surface area contributed by atoms with Crippen LogP contribution in [0.5, 0.6) is 0 Å². The lowest BCUT2D eigenvalue weighted by atomic mass is 10.0. The third-order valence-electron chi connectivity index (χ3n) is 2.15. The average Bonchev–Trinajstić information content (AvgIpc) is 2.18. The van der Waals surface area contributed by atoms with E-state index in [9.17, 15) is 0 Å².